The molecule has 0 radical (unpaired) electrons. The van der Waals surface area contributed by atoms with Gasteiger partial charge in [-0.1, -0.05) is 13.8 Å². The van der Waals surface area contributed by atoms with Crippen LogP contribution in [0.4, 0.5) is 0 Å². The second-order valence-corrected chi connectivity index (χ2v) is 6.43. The van der Waals surface area contributed by atoms with E-state index in [0.29, 0.717) is 18.4 Å². The first-order valence-electron chi connectivity index (χ1n) is 7.48. The number of ether oxygens (including phenoxy) is 3. The molecule has 20 heavy (non-hydrogen) atoms. The van der Waals surface area contributed by atoms with E-state index < -0.39 is 17.9 Å². The third-order valence-electron chi connectivity index (χ3n) is 5.40. The zero-order chi connectivity index (χ0) is 14.5. The van der Waals surface area contributed by atoms with Crippen LogP contribution in [0.2, 0.25) is 0 Å². The molecule has 2 heterocycles. The Morgan fingerprint density at radius 1 is 1.25 bits per heavy atom. The average molecular weight is 282 g/mol. The lowest BCUT2D eigenvalue weighted by molar-refractivity contribution is -0.291. The van der Waals surface area contributed by atoms with Gasteiger partial charge in [0.15, 0.2) is 0 Å². The monoisotopic (exact) mass is 282 g/mol. The van der Waals surface area contributed by atoms with E-state index in [9.17, 15) is 9.59 Å². The van der Waals surface area contributed by atoms with Crippen LogP contribution < -0.4 is 0 Å². The molecule has 3 aliphatic rings. The molecule has 1 aliphatic carbocycles. The molecule has 1 spiro atoms. The Bertz CT molecular complexity index is 434. The van der Waals surface area contributed by atoms with Crippen molar-refractivity contribution in [3.63, 3.8) is 0 Å². The van der Waals surface area contributed by atoms with Crippen LogP contribution in [-0.2, 0) is 23.8 Å². The van der Waals surface area contributed by atoms with E-state index in [1.807, 2.05) is 6.92 Å². The molecular formula is C15H22O5. The van der Waals surface area contributed by atoms with E-state index in [1.165, 1.54) is 6.92 Å². The van der Waals surface area contributed by atoms with Gasteiger partial charge in [0.25, 0.3) is 6.29 Å². The lowest BCUT2D eigenvalue weighted by Gasteiger charge is -2.54. The molecule has 0 bridgehead atoms. The molecule has 3 rings (SSSR count). The van der Waals surface area contributed by atoms with E-state index >= 15 is 0 Å². The highest BCUT2D eigenvalue weighted by molar-refractivity contribution is 5.74. The van der Waals surface area contributed by atoms with Crippen LogP contribution in [-0.4, -0.2) is 30.4 Å². The Kier molecular flexibility index (Phi) is 3.27. The number of esters is 2. The molecule has 5 nitrogen and oxygen atoms in total. The third-order valence-corrected chi connectivity index (χ3v) is 5.40. The highest BCUT2D eigenvalue weighted by Crippen LogP contribution is 2.56. The maximum absolute atomic E-state index is 12.0. The van der Waals surface area contributed by atoms with Gasteiger partial charge in [-0.2, -0.15) is 0 Å². The van der Waals surface area contributed by atoms with Crippen molar-refractivity contribution >= 4 is 11.9 Å². The average Bonchev–Trinajstić information content (AvgIpc) is 2.82. The van der Waals surface area contributed by atoms with Crippen molar-refractivity contribution in [3.8, 4) is 0 Å². The molecule has 2 aliphatic heterocycles. The molecule has 6 atom stereocenters. The summed E-state index contributed by atoms with van der Waals surface area (Å²) in [7, 11) is 0. The van der Waals surface area contributed by atoms with E-state index in [-0.39, 0.29) is 17.8 Å². The van der Waals surface area contributed by atoms with Gasteiger partial charge < -0.3 is 14.2 Å². The Morgan fingerprint density at radius 3 is 2.70 bits per heavy atom. The minimum Gasteiger partial charge on any atom is -0.422 e. The van der Waals surface area contributed by atoms with Crippen LogP contribution in [0.25, 0.3) is 0 Å². The molecular weight excluding hydrogens is 260 g/mol. The van der Waals surface area contributed by atoms with E-state index in [4.69, 9.17) is 14.2 Å². The highest BCUT2D eigenvalue weighted by atomic mass is 16.7. The topological polar surface area (TPSA) is 61.8 Å². The zero-order valence-electron chi connectivity index (χ0n) is 12.3. The summed E-state index contributed by atoms with van der Waals surface area (Å²) in [6.45, 7) is 6.10. The fraction of sp³-hybridized carbons (Fsp3) is 0.867. The molecule has 0 aromatic carbocycles. The minimum atomic E-state index is -0.885. The second kappa shape index (κ2) is 4.72. The summed E-state index contributed by atoms with van der Waals surface area (Å²) in [4.78, 5) is 23.4. The summed E-state index contributed by atoms with van der Waals surface area (Å²) in [6, 6.07) is 0. The molecule has 0 aromatic rings. The van der Waals surface area contributed by atoms with Crippen molar-refractivity contribution in [2.24, 2.45) is 23.7 Å². The smallest absolute Gasteiger partial charge is 0.312 e. The summed E-state index contributed by atoms with van der Waals surface area (Å²) < 4.78 is 16.8. The summed E-state index contributed by atoms with van der Waals surface area (Å²) in [5.74, 6) is -0.0442. The van der Waals surface area contributed by atoms with Gasteiger partial charge >= 0.3 is 11.9 Å². The number of carbonyl (C=O) groups is 2. The van der Waals surface area contributed by atoms with Crippen molar-refractivity contribution in [3.05, 3.63) is 0 Å². The predicted octanol–water partition coefficient (Wildman–Crippen LogP) is 1.89. The lowest BCUT2D eigenvalue weighted by atomic mass is 9.59. The predicted molar refractivity (Wildman–Crippen MR) is 69.5 cm³/mol. The maximum Gasteiger partial charge on any atom is 0.312 e. The van der Waals surface area contributed by atoms with Gasteiger partial charge in [0.1, 0.15) is 5.60 Å². The SMILES string of the molecule is CC(=O)O[C@H]1OC(=O)[C@H](C)[C@@H]2CC[C@@H](C)[C@@H]3CCO[C@]132. The molecule has 0 amide bonds. The molecule has 5 heteroatoms. The van der Waals surface area contributed by atoms with Gasteiger partial charge in [0, 0.05) is 25.4 Å². The first-order chi connectivity index (χ1) is 9.46. The van der Waals surface area contributed by atoms with Crippen molar-refractivity contribution in [2.45, 2.75) is 51.9 Å². The van der Waals surface area contributed by atoms with E-state index in [2.05, 4.69) is 6.92 Å². The highest BCUT2D eigenvalue weighted by Gasteiger charge is 2.66. The quantitative estimate of drug-likeness (QED) is 0.687. The maximum atomic E-state index is 12.0. The fourth-order valence-corrected chi connectivity index (χ4v) is 4.47. The molecule has 2 saturated heterocycles. The number of cyclic esters (lactones) is 1. The van der Waals surface area contributed by atoms with Crippen LogP contribution in [0.5, 0.6) is 0 Å². The van der Waals surface area contributed by atoms with E-state index in [1.54, 1.807) is 0 Å². The van der Waals surface area contributed by atoms with Gasteiger partial charge in [-0.05, 0) is 25.2 Å². The first kappa shape index (κ1) is 13.9. The van der Waals surface area contributed by atoms with Crippen molar-refractivity contribution < 1.29 is 23.8 Å². The van der Waals surface area contributed by atoms with Crippen LogP contribution in [0.3, 0.4) is 0 Å². The van der Waals surface area contributed by atoms with Crippen LogP contribution >= 0.6 is 0 Å². The number of hydrogen-bond acceptors (Lipinski definition) is 5. The number of hydrogen-bond donors (Lipinski definition) is 0. The molecule has 0 aromatic heterocycles. The van der Waals surface area contributed by atoms with Crippen molar-refractivity contribution in [1.29, 1.82) is 0 Å². The molecule has 3 fully saturated rings. The molecule has 1 saturated carbocycles. The first-order valence-corrected chi connectivity index (χ1v) is 7.48. The summed E-state index contributed by atoms with van der Waals surface area (Å²) in [6.07, 6.45) is 2.07. The standard InChI is InChI=1S/C15H22O5/c1-8-4-5-12-9(2)13(17)20-14(19-10(3)16)15(12)11(8)6-7-18-15/h8-9,11-12,14H,4-7H2,1-3H3/t8-,9-,11+,12+,14+,15-/m1/s1. The molecule has 0 N–H and O–H groups in total. The van der Waals surface area contributed by atoms with Gasteiger partial charge in [0.05, 0.1) is 5.92 Å². The van der Waals surface area contributed by atoms with Gasteiger partial charge in [-0.3, -0.25) is 9.59 Å². The van der Waals surface area contributed by atoms with Crippen LogP contribution in [0.15, 0.2) is 0 Å². The summed E-state index contributed by atoms with van der Waals surface area (Å²) in [5.41, 5.74) is -0.628. The van der Waals surface area contributed by atoms with Gasteiger partial charge in [0.2, 0.25) is 0 Å². The number of rotatable bonds is 1. The minimum absolute atomic E-state index is 0.0804. The van der Waals surface area contributed by atoms with Gasteiger partial charge in [-0.25, -0.2) is 0 Å². The van der Waals surface area contributed by atoms with Crippen molar-refractivity contribution in [2.75, 3.05) is 6.61 Å². The molecule has 0 unspecified atom stereocenters. The van der Waals surface area contributed by atoms with Crippen molar-refractivity contribution in [1.82, 2.24) is 0 Å². The Balaban J connectivity index is 2.01. The Hall–Kier alpha value is -1.10. The van der Waals surface area contributed by atoms with E-state index in [0.717, 1.165) is 19.3 Å². The van der Waals surface area contributed by atoms with Crippen LogP contribution in [0, 0.1) is 23.7 Å². The largest absolute Gasteiger partial charge is 0.422 e. The van der Waals surface area contributed by atoms with Gasteiger partial charge in [-0.15, -0.1) is 0 Å². The zero-order valence-corrected chi connectivity index (χ0v) is 12.3. The second-order valence-electron chi connectivity index (χ2n) is 6.43. The number of carbonyl (C=O) groups excluding carboxylic acids is 2. The normalized spacial score (nSPS) is 47.1. The third kappa shape index (κ3) is 1.79. The summed E-state index contributed by atoms with van der Waals surface area (Å²) >= 11 is 0. The Labute approximate surface area is 118 Å². The molecule has 112 valence electrons. The Morgan fingerprint density at radius 2 is 2.00 bits per heavy atom. The van der Waals surface area contributed by atoms with Crippen LogP contribution in [0.1, 0.15) is 40.0 Å². The summed E-state index contributed by atoms with van der Waals surface area (Å²) in [5, 5.41) is 0. The fourth-order valence-electron chi connectivity index (χ4n) is 4.47. The lowest BCUT2D eigenvalue weighted by Crippen LogP contribution is -2.65.